The maximum Gasteiger partial charge on any atom is 0.410 e. The van der Waals surface area contributed by atoms with E-state index in [9.17, 15) is 21.6 Å². The van der Waals surface area contributed by atoms with Crippen LogP contribution in [0.4, 0.5) is 13.2 Å². The minimum atomic E-state index is -4.55. The van der Waals surface area contributed by atoms with Crippen molar-refractivity contribution in [3.63, 3.8) is 0 Å². The van der Waals surface area contributed by atoms with E-state index in [0.29, 0.717) is 6.42 Å². The summed E-state index contributed by atoms with van der Waals surface area (Å²) in [6.07, 6.45) is -4.51. The van der Waals surface area contributed by atoms with E-state index in [1.54, 1.807) is 6.92 Å². The highest BCUT2D eigenvalue weighted by Gasteiger charge is 2.23. The molecule has 0 bridgehead atoms. The van der Waals surface area contributed by atoms with Crippen LogP contribution >= 0.6 is 0 Å². The van der Waals surface area contributed by atoms with Crippen LogP contribution in [0.15, 0.2) is 11.5 Å². The van der Waals surface area contributed by atoms with Gasteiger partial charge in [0.1, 0.15) is 0 Å². The summed E-state index contributed by atoms with van der Waals surface area (Å²) in [5.74, 6) is -0.250. The molecular formula is C6H9F3O2S. The van der Waals surface area contributed by atoms with E-state index in [-0.39, 0.29) is 17.2 Å². The Morgan fingerprint density at radius 2 is 1.83 bits per heavy atom. The average molecular weight is 202 g/mol. The molecule has 0 aliphatic carbocycles. The molecule has 0 aromatic carbocycles. The van der Waals surface area contributed by atoms with Gasteiger partial charge in [-0.25, -0.2) is 8.42 Å². The molecule has 0 heterocycles. The molecule has 0 aliphatic rings. The first-order valence-corrected chi connectivity index (χ1v) is 4.97. The molecule has 0 spiro atoms. The monoisotopic (exact) mass is 202 g/mol. The molecule has 0 atom stereocenters. The quantitative estimate of drug-likeness (QED) is 0.700. The summed E-state index contributed by atoms with van der Waals surface area (Å²) < 4.78 is 55.8. The number of halogens is 3. The molecule has 6 heteroatoms. The predicted molar refractivity (Wildman–Crippen MR) is 39.3 cm³/mol. The van der Waals surface area contributed by atoms with Gasteiger partial charge in [-0.15, -0.1) is 0 Å². The fourth-order valence-corrected chi connectivity index (χ4v) is 1.60. The fourth-order valence-electron chi connectivity index (χ4n) is 0.533. The lowest BCUT2D eigenvalue weighted by molar-refractivity contribution is -0.0797. The zero-order valence-corrected chi connectivity index (χ0v) is 7.24. The van der Waals surface area contributed by atoms with Gasteiger partial charge in [0, 0.05) is 11.5 Å². The van der Waals surface area contributed by atoms with Crippen LogP contribution in [-0.2, 0) is 9.84 Å². The van der Waals surface area contributed by atoms with Gasteiger partial charge >= 0.3 is 6.18 Å². The molecule has 0 N–H and O–H groups in total. The Bertz CT molecular complexity index is 250. The second kappa shape index (κ2) is 3.93. The lowest BCUT2D eigenvalue weighted by atomic mass is 10.6. The van der Waals surface area contributed by atoms with Gasteiger partial charge in [-0.3, -0.25) is 0 Å². The van der Waals surface area contributed by atoms with E-state index in [1.165, 1.54) is 0 Å². The van der Waals surface area contributed by atoms with E-state index in [0.717, 1.165) is 0 Å². The molecule has 0 rings (SSSR count). The highest BCUT2D eigenvalue weighted by Crippen LogP contribution is 2.16. The van der Waals surface area contributed by atoms with Crippen molar-refractivity contribution in [2.75, 3.05) is 5.75 Å². The Morgan fingerprint density at radius 3 is 2.17 bits per heavy atom. The minimum Gasteiger partial charge on any atom is -0.224 e. The number of alkyl halides is 3. The number of hydrogen-bond acceptors (Lipinski definition) is 2. The van der Waals surface area contributed by atoms with Crippen LogP contribution < -0.4 is 0 Å². The summed E-state index contributed by atoms with van der Waals surface area (Å²) in [6.45, 7) is 1.58. The molecule has 0 aliphatic heterocycles. The van der Waals surface area contributed by atoms with Crippen LogP contribution in [0.25, 0.3) is 0 Å². The van der Waals surface area contributed by atoms with Crippen molar-refractivity contribution in [2.45, 2.75) is 19.5 Å². The zero-order valence-electron chi connectivity index (χ0n) is 6.43. The summed E-state index contributed by atoms with van der Waals surface area (Å²) in [4.78, 5) is 0. The molecule has 0 saturated carbocycles. The SMILES string of the molecule is CCCS(=O)(=O)/C=C/C(F)(F)F. The number of allylic oxidation sites excluding steroid dienone is 1. The van der Waals surface area contributed by atoms with E-state index >= 15 is 0 Å². The van der Waals surface area contributed by atoms with Gasteiger partial charge in [-0.1, -0.05) is 6.92 Å². The van der Waals surface area contributed by atoms with Crippen molar-refractivity contribution < 1.29 is 21.6 Å². The topological polar surface area (TPSA) is 34.1 Å². The van der Waals surface area contributed by atoms with Gasteiger partial charge < -0.3 is 0 Å². The molecule has 0 radical (unpaired) electrons. The third-order valence-electron chi connectivity index (χ3n) is 0.953. The number of rotatable bonds is 3. The van der Waals surface area contributed by atoms with Crippen LogP contribution in [0.1, 0.15) is 13.3 Å². The zero-order chi connectivity index (χ0) is 9.83. The van der Waals surface area contributed by atoms with Gasteiger partial charge in [-0.05, 0) is 6.42 Å². The van der Waals surface area contributed by atoms with Crippen molar-refractivity contribution >= 4 is 9.84 Å². The highest BCUT2D eigenvalue weighted by molar-refractivity contribution is 7.94. The average Bonchev–Trinajstić information content (AvgIpc) is 1.83. The minimum absolute atomic E-state index is 0.205. The summed E-state index contributed by atoms with van der Waals surface area (Å²) in [5.41, 5.74) is 0. The molecule has 0 amide bonds. The first kappa shape index (κ1) is 11.5. The van der Waals surface area contributed by atoms with Gasteiger partial charge in [0.2, 0.25) is 0 Å². The highest BCUT2D eigenvalue weighted by atomic mass is 32.2. The summed E-state index contributed by atoms with van der Waals surface area (Å²) >= 11 is 0. The maximum absolute atomic E-state index is 11.5. The van der Waals surface area contributed by atoms with Gasteiger partial charge in [0.25, 0.3) is 0 Å². The molecule has 0 unspecified atom stereocenters. The smallest absolute Gasteiger partial charge is 0.224 e. The normalized spacial score (nSPS) is 14.0. The molecule has 0 saturated heterocycles. The third-order valence-corrected chi connectivity index (χ3v) is 2.48. The molecule has 0 fully saturated rings. The molecular weight excluding hydrogens is 193 g/mol. The summed E-state index contributed by atoms with van der Waals surface area (Å²) in [7, 11) is -3.67. The van der Waals surface area contributed by atoms with Crippen LogP contribution in [-0.4, -0.2) is 20.3 Å². The van der Waals surface area contributed by atoms with Crippen LogP contribution in [0, 0.1) is 0 Å². The van der Waals surface area contributed by atoms with Crippen molar-refractivity contribution in [3.8, 4) is 0 Å². The third kappa shape index (κ3) is 6.21. The Hall–Kier alpha value is -0.520. The number of hydrogen-bond donors (Lipinski definition) is 0. The van der Waals surface area contributed by atoms with Crippen molar-refractivity contribution in [1.82, 2.24) is 0 Å². The Morgan fingerprint density at radius 1 is 1.33 bits per heavy atom. The van der Waals surface area contributed by atoms with Crippen molar-refractivity contribution in [2.24, 2.45) is 0 Å². The van der Waals surface area contributed by atoms with Crippen molar-refractivity contribution in [3.05, 3.63) is 11.5 Å². The van der Waals surface area contributed by atoms with E-state index in [1.807, 2.05) is 0 Å². The fraction of sp³-hybridized carbons (Fsp3) is 0.667. The number of sulfone groups is 1. The van der Waals surface area contributed by atoms with E-state index in [4.69, 9.17) is 0 Å². The first-order valence-electron chi connectivity index (χ1n) is 3.25. The van der Waals surface area contributed by atoms with Crippen molar-refractivity contribution in [1.29, 1.82) is 0 Å². The Balaban J connectivity index is 4.35. The van der Waals surface area contributed by atoms with Crippen LogP contribution in [0.2, 0.25) is 0 Å². The second-order valence-electron chi connectivity index (χ2n) is 2.21. The summed E-state index contributed by atoms with van der Waals surface area (Å²) in [6, 6.07) is 0. The lowest BCUT2D eigenvalue weighted by Crippen LogP contribution is -2.06. The molecule has 2 nitrogen and oxygen atoms in total. The van der Waals surface area contributed by atoms with Gasteiger partial charge in [0.15, 0.2) is 9.84 Å². The standard InChI is InChI=1S/C6H9F3O2S/c1-2-4-12(10,11)5-3-6(7,8)9/h3,5H,2,4H2,1H3/b5-3+. The maximum atomic E-state index is 11.5. The van der Waals surface area contributed by atoms with Crippen LogP contribution in [0.3, 0.4) is 0 Å². The van der Waals surface area contributed by atoms with E-state index < -0.39 is 16.0 Å². The predicted octanol–water partition coefficient (Wildman–Crippen LogP) is 1.89. The van der Waals surface area contributed by atoms with E-state index in [2.05, 4.69) is 0 Å². The Kier molecular flexibility index (Phi) is 3.76. The van der Waals surface area contributed by atoms with Gasteiger partial charge in [-0.2, -0.15) is 13.2 Å². The molecule has 0 aromatic heterocycles. The summed E-state index contributed by atoms with van der Waals surface area (Å²) in [5, 5.41) is 0.205. The van der Waals surface area contributed by atoms with Gasteiger partial charge in [0.05, 0.1) is 5.75 Å². The molecule has 0 aromatic rings. The second-order valence-corrected chi connectivity index (χ2v) is 4.22. The first-order chi connectivity index (χ1) is 5.27. The molecule has 12 heavy (non-hydrogen) atoms. The largest absolute Gasteiger partial charge is 0.410 e. The van der Waals surface area contributed by atoms with Crippen LogP contribution in [0.5, 0.6) is 0 Å². The Labute approximate surface area is 69.0 Å². The molecule has 72 valence electrons. The lowest BCUT2D eigenvalue weighted by Gasteiger charge is -1.97.